The van der Waals surface area contributed by atoms with Crippen LogP contribution in [0, 0.1) is 5.82 Å². The highest BCUT2D eigenvalue weighted by Gasteiger charge is 2.15. The summed E-state index contributed by atoms with van der Waals surface area (Å²) in [7, 11) is 0. The van der Waals surface area contributed by atoms with E-state index in [-0.39, 0.29) is 12.4 Å². The Bertz CT molecular complexity index is 448. The molecule has 0 unspecified atom stereocenters. The molecule has 0 bridgehead atoms. The lowest BCUT2D eigenvalue weighted by Gasteiger charge is -2.29. The third-order valence-corrected chi connectivity index (χ3v) is 2.93. The second-order valence-corrected chi connectivity index (χ2v) is 4.25. The smallest absolute Gasteiger partial charge is 0.411 e. The molecule has 2 N–H and O–H groups in total. The predicted octanol–water partition coefficient (Wildman–Crippen LogP) is 1.80. The van der Waals surface area contributed by atoms with Crippen molar-refractivity contribution in [3.63, 3.8) is 0 Å². The molecule has 1 saturated heterocycles. The topological polar surface area (TPSA) is 53.6 Å². The zero-order valence-electron chi connectivity index (χ0n) is 10.9. The van der Waals surface area contributed by atoms with Gasteiger partial charge in [-0.3, -0.25) is 5.32 Å². The molecule has 1 aromatic carbocycles. The van der Waals surface area contributed by atoms with Crippen LogP contribution in [0.2, 0.25) is 0 Å². The normalized spacial score (nSPS) is 15.2. The first-order valence-corrected chi connectivity index (χ1v) is 6.39. The van der Waals surface area contributed by atoms with E-state index in [2.05, 4.69) is 10.6 Å². The standard InChI is InChI=1S/C13H18FN3O2/c1-2-19-13(18)16-10-3-4-12(11(14)9-10)17-7-5-15-6-8-17/h3-4,9,15H,2,5-8H2,1H3,(H,16,18). The summed E-state index contributed by atoms with van der Waals surface area (Å²) in [6.07, 6.45) is -0.572. The number of ether oxygens (including phenoxy) is 1. The van der Waals surface area contributed by atoms with Gasteiger partial charge in [-0.15, -0.1) is 0 Å². The molecule has 0 radical (unpaired) electrons. The number of hydrogen-bond donors (Lipinski definition) is 2. The summed E-state index contributed by atoms with van der Waals surface area (Å²) < 4.78 is 18.8. The van der Waals surface area contributed by atoms with Crippen molar-refractivity contribution in [2.45, 2.75) is 6.92 Å². The van der Waals surface area contributed by atoms with Gasteiger partial charge < -0.3 is 15.0 Å². The van der Waals surface area contributed by atoms with Gasteiger partial charge in [0.05, 0.1) is 12.3 Å². The number of nitrogens with zero attached hydrogens (tertiary/aromatic N) is 1. The minimum atomic E-state index is -0.572. The Morgan fingerprint density at radius 2 is 2.21 bits per heavy atom. The van der Waals surface area contributed by atoms with Crippen LogP contribution in [-0.4, -0.2) is 38.9 Å². The molecular formula is C13H18FN3O2. The lowest BCUT2D eigenvalue weighted by molar-refractivity contribution is 0.168. The number of hydrogen-bond acceptors (Lipinski definition) is 4. The van der Waals surface area contributed by atoms with Crippen LogP contribution < -0.4 is 15.5 Å². The van der Waals surface area contributed by atoms with Crippen molar-refractivity contribution in [1.82, 2.24) is 5.32 Å². The van der Waals surface area contributed by atoms with Crippen molar-refractivity contribution < 1.29 is 13.9 Å². The van der Waals surface area contributed by atoms with E-state index in [1.807, 2.05) is 4.90 Å². The Morgan fingerprint density at radius 1 is 1.47 bits per heavy atom. The van der Waals surface area contributed by atoms with Gasteiger partial charge in [0, 0.05) is 31.9 Å². The Kier molecular flexibility index (Phi) is 4.57. The number of halogens is 1. The molecule has 104 valence electrons. The van der Waals surface area contributed by atoms with Gasteiger partial charge >= 0.3 is 6.09 Å². The van der Waals surface area contributed by atoms with Gasteiger partial charge in [-0.25, -0.2) is 9.18 Å². The molecule has 0 aromatic heterocycles. The SMILES string of the molecule is CCOC(=O)Nc1ccc(N2CCNCC2)c(F)c1. The van der Waals surface area contributed by atoms with Crippen LogP contribution >= 0.6 is 0 Å². The van der Waals surface area contributed by atoms with Crippen molar-refractivity contribution in [2.24, 2.45) is 0 Å². The van der Waals surface area contributed by atoms with Gasteiger partial charge in [0.1, 0.15) is 5.82 Å². The minimum absolute atomic E-state index is 0.285. The first kappa shape index (κ1) is 13.6. The fraction of sp³-hybridized carbons (Fsp3) is 0.462. The monoisotopic (exact) mass is 267 g/mol. The summed E-state index contributed by atoms with van der Waals surface area (Å²) in [5.41, 5.74) is 0.964. The summed E-state index contributed by atoms with van der Waals surface area (Å²) in [5, 5.41) is 5.70. The van der Waals surface area contributed by atoms with Gasteiger partial charge in [0.25, 0.3) is 0 Å². The van der Waals surface area contributed by atoms with Crippen LogP contribution in [-0.2, 0) is 4.74 Å². The van der Waals surface area contributed by atoms with E-state index in [9.17, 15) is 9.18 Å². The molecule has 1 aromatic rings. The van der Waals surface area contributed by atoms with E-state index in [4.69, 9.17) is 4.74 Å². The van der Waals surface area contributed by atoms with Crippen molar-refractivity contribution in [3.8, 4) is 0 Å². The average molecular weight is 267 g/mol. The number of amides is 1. The van der Waals surface area contributed by atoms with E-state index in [0.29, 0.717) is 11.4 Å². The van der Waals surface area contributed by atoms with Crippen molar-refractivity contribution in [2.75, 3.05) is 43.0 Å². The molecule has 6 heteroatoms. The van der Waals surface area contributed by atoms with Crippen molar-refractivity contribution in [1.29, 1.82) is 0 Å². The molecule has 1 aliphatic heterocycles. The first-order valence-electron chi connectivity index (χ1n) is 6.39. The number of carbonyl (C=O) groups is 1. The Hall–Kier alpha value is -1.82. The zero-order valence-corrected chi connectivity index (χ0v) is 10.9. The molecule has 5 nitrogen and oxygen atoms in total. The van der Waals surface area contributed by atoms with Gasteiger partial charge in [-0.05, 0) is 25.1 Å². The number of nitrogens with one attached hydrogen (secondary N) is 2. The highest BCUT2D eigenvalue weighted by Crippen LogP contribution is 2.23. The summed E-state index contributed by atoms with van der Waals surface area (Å²) in [5.74, 6) is -0.337. The van der Waals surface area contributed by atoms with E-state index in [1.54, 1.807) is 19.1 Å². The van der Waals surface area contributed by atoms with E-state index < -0.39 is 6.09 Å². The fourth-order valence-corrected chi connectivity index (χ4v) is 2.03. The summed E-state index contributed by atoms with van der Waals surface area (Å²) in [4.78, 5) is 13.2. The van der Waals surface area contributed by atoms with Crippen LogP contribution in [0.3, 0.4) is 0 Å². The van der Waals surface area contributed by atoms with Gasteiger partial charge in [-0.1, -0.05) is 0 Å². The van der Waals surface area contributed by atoms with Gasteiger partial charge in [-0.2, -0.15) is 0 Å². The molecule has 1 amide bonds. The third-order valence-electron chi connectivity index (χ3n) is 2.93. The lowest BCUT2D eigenvalue weighted by atomic mass is 10.2. The second kappa shape index (κ2) is 6.38. The molecule has 0 atom stereocenters. The summed E-state index contributed by atoms with van der Waals surface area (Å²) in [6.45, 7) is 5.26. The maximum Gasteiger partial charge on any atom is 0.411 e. The third kappa shape index (κ3) is 3.57. The molecule has 2 rings (SSSR count). The molecule has 1 heterocycles. The Labute approximate surface area is 111 Å². The number of anilines is 2. The minimum Gasteiger partial charge on any atom is -0.450 e. The van der Waals surface area contributed by atoms with Crippen molar-refractivity contribution in [3.05, 3.63) is 24.0 Å². The number of carbonyl (C=O) groups excluding carboxylic acids is 1. The molecule has 0 saturated carbocycles. The van der Waals surface area contributed by atoms with Crippen LogP contribution in [0.25, 0.3) is 0 Å². The number of piperazine rings is 1. The summed E-state index contributed by atoms with van der Waals surface area (Å²) in [6, 6.07) is 4.67. The highest BCUT2D eigenvalue weighted by atomic mass is 19.1. The predicted molar refractivity (Wildman–Crippen MR) is 72.1 cm³/mol. The van der Waals surface area contributed by atoms with E-state index in [1.165, 1.54) is 6.07 Å². The highest BCUT2D eigenvalue weighted by molar-refractivity contribution is 5.84. The zero-order chi connectivity index (χ0) is 13.7. The molecule has 0 spiro atoms. The largest absolute Gasteiger partial charge is 0.450 e. The van der Waals surface area contributed by atoms with E-state index in [0.717, 1.165) is 26.2 Å². The fourth-order valence-electron chi connectivity index (χ4n) is 2.03. The number of rotatable bonds is 3. The molecule has 1 fully saturated rings. The average Bonchev–Trinajstić information content (AvgIpc) is 2.40. The van der Waals surface area contributed by atoms with Crippen LogP contribution in [0.1, 0.15) is 6.92 Å². The van der Waals surface area contributed by atoms with Crippen LogP contribution in [0.15, 0.2) is 18.2 Å². The van der Waals surface area contributed by atoms with Crippen LogP contribution in [0.5, 0.6) is 0 Å². The first-order chi connectivity index (χ1) is 9.20. The van der Waals surface area contributed by atoms with Gasteiger partial charge in [0.15, 0.2) is 0 Å². The maximum atomic E-state index is 14.0. The lowest BCUT2D eigenvalue weighted by Crippen LogP contribution is -2.43. The maximum absolute atomic E-state index is 14.0. The molecule has 0 aliphatic carbocycles. The molecular weight excluding hydrogens is 249 g/mol. The van der Waals surface area contributed by atoms with Crippen molar-refractivity contribution >= 4 is 17.5 Å². The Balaban J connectivity index is 2.06. The molecule has 19 heavy (non-hydrogen) atoms. The quantitative estimate of drug-likeness (QED) is 0.877. The molecule has 1 aliphatic rings. The van der Waals surface area contributed by atoms with Crippen LogP contribution in [0.4, 0.5) is 20.6 Å². The Morgan fingerprint density at radius 3 is 2.84 bits per heavy atom. The number of benzene rings is 1. The second-order valence-electron chi connectivity index (χ2n) is 4.25. The van der Waals surface area contributed by atoms with E-state index >= 15 is 0 Å². The summed E-state index contributed by atoms with van der Waals surface area (Å²) >= 11 is 0. The van der Waals surface area contributed by atoms with Gasteiger partial charge in [0.2, 0.25) is 0 Å².